The van der Waals surface area contributed by atoms with E-state index >= 15 is 0 Å². The van der Waals surface area contributed by atoms with E-state index in [0.717, 1.165) is 33.0 Å². The van der Waals surface area contributed by atoms with Crippen molar-refractivity contribution in [2.75, 3.05) is 0 Å². The Balaban J connectivity index is 0.000000365. The van der Waals surface area contributed by atoms with Crippen LogP contribution in [-0.2, 0) is 22.6 Å². The number of aromatic nitrogens is 2. The van der Waals surface area contributed by atoms with Crippen molar-refractivity contribution in [2.45, 2.75) is 19.4 Å². The van der Waals surface area contributed by atoms with Crippen LogP contribution in [0.3, 0.4) is 0 Å². The van der Waals surface area contributed by atoms with Gasteiger partial charge in [0, 0.05) is 40.0 Å². The average molecular weight is 447 g/mol. The van der Waals surface area contributed by atoms with Crippen molar-refractivity contribution in [2.24, 2.45) is 5.73 Å². The summed E-state index contributed by atoms with van der Waals surface area (Å²) in [6, 6.07) is 7.56. The minimum atomic E-state index is -0.250. The molecular weight excluding hydrogens is 430 g/mol. The smallest absolute Gasteiger partial charge is 0.290 e. The molecule has 0 atom stereocenters. The molecule has 0 bridgehead atoms. The minimum absolute atomic E-state index is 0.250. The maximum Gasteiger partial charge on any atom is 0.290 e. The number of rotatable bonds is 4. The van der Waals surface area contributed by atoms with Gasteiger partial charge in [-0.25, -0.2) is 0 Å². The van der Waals surface area contributed by atoms with Gasteiger partial charge >= 0.3 is 0 Å². The van der Waals surface area contributed by atoms with E-state index in [0.29, 0.717) is 13.0 Å². The van der Waals surface area contributed by atoms with E-state index in [4.69, 9.17) is 15.6 Å². The summed E-state index contributed by atoms with van der Waals surface area (Å²) >= 11 is 6.63. The lowest BCUT2D eigenvalue weighted by Crippen LogP contribution is -1.97. The molecule has 6 nitrogen and oxygen atoms in total. The Morgan fingerprint density at radius 1 is 1.04 bits per heavy atom. The molecule has 23 heavy (non-hydrogen) atoms. The number of hydrogen-bond donors (Lipinski definition) is 2. The van der Waals surface area contributed by atoms with Crippen LogP contribution < -0.4 is 5.73 Å². The van der Waals surface area contributed by atoms with Gasteiger partial charge in [-0.3, -0.25) is 14.8 Å². The van der Waals surface area contributed by atoms with Crippen molar-refractivity contribution in [3.05, 3.63) is 57.0 Å². The molecule has 0 aromatic carbocycles. The number of aryl methyl sites for hydroxylation is 1. The predicted octanol–water partition coefficient (Wildman–Crippen LogP) is 2.98. The van der Waals surface area contributed by atoms with Crippen LogP contribution in [0.2, 0.25) is 0 Å². The predicted molar refractivity (Wildman–Crippen MR) is 94.8 cm³/mol. The third-order valence-corrected chi connectivity index (χ3v) is 3.27. The molecule has 0 radical (unpaired) electrons. The van der Waals surface area contributed by atoms with Gasteiger partial charge in [0.15, 0.2) is 0 Å². The van der Waals surface area contributed by atoms with Gasteiger partial charge in [0.2, 0.25) is 0 Å². The molecule has 2 aromatic heterocycles. The number of carboxylic acid groups (broad SMARTS) is 1. The average Bonchev–Trinajstić information content (AvgIpc) is 2.54. The van der Waals surface area contributed by atoms with E-state index in [1.54, 1.807) is 12.4 Å². The fourth-order valence-electron chi connectivity index (χ4n) is 1.35. The third kappa shape index (κ3) is 11.6. The maximum absolute atomic E-state index is 10.0. The summed E-state index contributed by atoms with van der Waals surface area (Å²) in [5, 5.41) is 6.89. The summed E-state index contributed by atoms with van der Waals surface area (Å²) in [6.07, 6.45) is 5.63. The van der Waals surface area contributed by atoms with Crippen molar-refractivity contribution < 1.29 is 14.7 Å². The van der Waals surface area contributed by atoms with Crippen LogP contribution >= 0.6 is 31.9 Å². The zero-order valence-electron chi connectivity index (χ0n) is 12.2. The topological polar surface area (TPSA) is 106 Å². The Labute approximate surface area is 151 Å². The number of nitrogens with zero attached hydrogens (tertiary/aromatic N) is 2. The van der Waals surface area contributed by atoms with Crippen molar-refractivity contribution in [3.8, 4) is 0 Å². The van der Waals surface area contributed by atoms with Gasteiger partial charge in [-0.2, -0.15) is 0 Å². The zero-order chi connectivity index (χ0) is 17.5. The lowest BCUT2D eigenvalue weighted by atomic mass is 10.2. The van der Waals surface area contributed by atoms with Gasteiger partial charge in [-0.05, 0) is 30.7 Å². The number of hydrogen-bond acceptors (Lipinski definition) is 5. The first-order valence-corrected chi connectivity index (χ1v) is 8.08. The molecule has 2 aromatic rings. The normalized spacial score (nSPS) is 8.83. The van der Waals surface area contributed by atoms with Crippen LogP contribution in [0.4, 0.5) is 0 Å². The minimum Gasteiger partial charge on any atom is -0.483 e. The molecule has 0 fully saturated rings. The zero-order valence-corrected chi connectivity index (χ0v) is 15.4. The summed E-state index contributed by atoms with van der Waals surface area (Å²) in [5.74, 6) is 0. The quantitative estimate of drug-likeness (QED) is 0.699. The van der Waals surface area contributed by atoms with E-state index < -0.39 is 0 Å². The van der Waals surface area contributed by atoms with Gasteiger partial charge < -0.3 is 15.6 Å². The molecule has 0 saturated heterocycles. The second-order valence-corrected chi connectivity index (χ2v) is 5.78. The fourth-order valence-corrected chi connectivity index (χ4v) is 2.12. The highest BCUT2D eigenvalue weighted by Gasteiger charge is 1.93. The first-order valence-electron chi connectivity index (χ1n) is 6.49. The molecule has 0 saturated carbocycles. The molecule has 0 amide bonds. The first-order chi connectivity index (χ1) is 11.1. The molecule has 2 rings (SSSR count). The van der Waals surface area contributed by atoms with Gasteiger partial charge in [0.25, 0.3) is 6.47 Å². The number of carbonyl (C=O) groups excluding carboxylic acids is 1. The lowest BCUT2D eigenvalue weighted by molar-refractivity contribution is -0.122. The molecule has 0 unspecified atom stereocenters. The molecule has 0 aliphatic heterocycles. The standard InChI is InChI=1S/C8H8BrNO.C6H7BrN2.CH2O2/c9-7-3-4-10-8(6-7)2-1-5-11;7-5-1-2-9-6(3-5)4-8;2-1-3/h3-6H,1-2H2;1-3H,4,8H2;1H,(H,2,3). The summed E-state index contributed by atoms with van der Waals surface area (Å²) in [5.41, 5.74) is 7.19. The van der Waals surface area contributed by atoms with Crippen molar-refractivity contribution in [1.29, 1.82) is 0 Å². The lowest BCUT2D eigenvalue weighted by Gasteiger charge is -1.95. The summed E-state index contributed by atoms with van der Waals surface area (Å²) < 4.78 is 2.03. The number of halogens is 2. The molecule has 124 valence electrons. The number of aldehydes is 1. The Hall–Kier alpha value is -1.64. The van der Waals surface area contributed by atoms with Crippen molar-refractivity contribution in [1.82, 2.24) is 9.97 Å². The number of nitrogens with two attached hydrogens (primary N) is 1. The summed E-state index contributed by atoms with van der Waals surface area (Å²) in [7, 11) is 0. The number of carbonyl (C=O) groups is 2. The van der Waals surface area contributed by atoms with Crippen LogP contribution in [0.25, 0.3) is 0 Å². The van der Waals surface area contributed by atoms with E-state index in [2.05, 4.69) is 41.8 Å². The Kier molecular flexibility index (Phi) is 13.0. The van der Waals surface area contributed by atoms with E-state index in [9.17, 15) is 4.79 Å². The molecule has 8 heteroatoms. The third-order valence-electron chi connectivity index (χ3n) is 2.28. The van der Waals surface area contributed by atoms with Gasteiger partial charge in [0.05, 0.1) is 5.69 Å². The maximum atomic E-state index is 10.0. The highest BCUT2D eigenvalue weighted by Crippen LogP contribution is 2.10. The van der Waals surface area contributed by atoms with Gasteiger partial charge in [-0.15, -0.1) is 0 Å². The Bertz CT molecular complexity index is 598. The second kappa shape index (κ2) is 14.0. The van der Waals surface area contributed by atoms with Crippen molar-refractivity contribution in [3.63, 3.8) is 0 Å². The van der Waals surface area contributed by atoms with Gasteiger partial charge in [-0.1, -0.05) is 31.9 Å². The molecular formula is C15H17Br2N3O3. The van der Waals surface area contributed by atoms with Crippen LogP contribution in [0.1, 0.15) is 17.8 Å². The highest BCUT2D eigenvalue weighted by atomic mass is 79.9. The summed E-state index contributed by atoms with van der Waals surface area (Å²) in [4.78, 5) is 26.5. The largest absolute Gasteiger partial charge is 0.483 e. The van der Waals surface area contributed by atoms with Crippen LogP contribution in [-0.4, -0.2) is 27.8 Å². The fraction of sp³-hybridized carbons (Fsp3) is 0.200. The Morgan fingerprint density at radius 2 is 1.52 bits per heavy atom. The van der Waals surface area contributed by atoms with Gasteiger partial charge in [0.1, 0.15) is 6.29 Å². The molecule has 2 heterocycles. The van der Waals surface area contributed by atoms with E-state index in [1.807, 2.05) is 24.3 Å². The second-order valence-electron chi connectivity index (χ2n) is 3.95. The Morgan fingerprint density at radius 3 is 1.91 bits per heavy atom. The highest BCUT2D eigenvalue weighted by molar-refractivity contribution is 9.10. The molecule has 0 spiro atoms. The van der Waals surface area contributed by atoms with Crippen molar-refractivity contribution >= 4 is 44.6 Å². The number of pyridine rings is 2. The van der Waals surface area contributed by atoms with Crippen LogP contribution in [0.15, 0.2) is 45.6 Å². The molecule has 0 aliphatic carbocycles. The van der Waals surface area contributed by atoms with E-state index in [-0.39, 0.29) is 6.47 Å². The molecule has 0 aliphatic rings. The first kappa shape index (κ1) is 21.4. The SMILES string of the molecule is NCc1cc(Br)ccn1.O=CCCc1cc(Br)ccn1.O=CO. The monoisotopic (exact) mass is 445 g/mol. The van der Waals surface area contributed by atoms with Crippen LogP contribution in [0.5, 0.6) is 0 Å². The van der Waals surface area contributed by atoms with Crippen LogP contribution in [0, 0.1) is 0 Å². The molecule has 3 N–H and O–H groups in total. The summed E-state index contributed by atoms with van der Waals surface area (Å²) in [6.45, 7) is 0.249. The van der Waals surface area contributed by atoms with E-state index in [1.165, 1.54) is 0 Å².